The Bertz CT molecular complexity index is 844. The topological polar surface area (TPSA) is 91.5 Å². The molecule has 0 saturated heterocycles. The van der Waals surface area contributed by atoms with E-state index in [9.17, 15) is 9.59 Å². The number of nitrogens with two attached hydrogens (primary N) is 1. The number of hydrogen-bond donors (Lipinski definition) is 1. The number of carbonyl (C=O) groups excluding carboxylic acids is 2. The second-order valence-corrected chi connectivity index (χ2v) is 6.48. The van der Waals surface area contributed by atoms with Gasteiger partial charge in [0.25, 0.3) is 0 Å². The highest BCUT2D eigenvalue weighted by Crippen LogP contribution is 2.35. The molecule has 2 aromatic rings. The number of anilines is 1. The van der Waals surface area contributed by atoms with Crippen LogP contribution in [0.4, 0.5) is 5.69 Å². The molecule has 0 unspecified atom stereocenters. The summed E-state index contributed by atoms with van der Waals surface area (Å²) in [5.41, 5.74) is 8.93. The fourth-order valence-corrected chi connectivity index (χ4v) is 2.76. The molecule has 0 spiro atoms. The lowest BCUT2D eigenvalue weighted by Crippen LogP contribution is -2.18. The van der Waals surface area contributed by atoms with E-state index < -0.39 is 11.9 Å². The smallest absolute Gasteiger partial charge is 0.340 e. The summed E-state index contributed by atoms with van der Waals surface area (Å²) in [5, 5.41) is 0. The lowest BCUT2D eigenvalue weighted by atomic mass is 9.91. The Balaban J connectivity index is 2.80. The maximum atomic E-state index is 12.8. The molecule has 2 N–H and O–H groups in total. The van der Waals surface area contributed by atoms with Gasteiger partial charge in [-0.2, -0.15) is 0 Å². The van der Waals surface area contributed by atoms with Crippen LogP contribution in [0.3, 0.4) is 0 Å². The molecule has 6 heteroatoms. The Hall–Kier alpha value is -2.89. The van der Waals surface area contributed by atoms with Crippen LogP contribution < -0.4 is 5.73 Å². The summed E-state index contributed by atoms with van der Waals surface area (Å²) in [4.78, 5) is 29.6. The minimum atomic E-state index is -0.578. The number of methoxy groups -OCH3 is 1. The zero-order valence-corrected chi connectivity index (χ0v) is 15.8. The van der Waals surface area contributed by atoms with Crippen molar-refractivity contribution in [3.63, 3.8) is 0 Å². The van der Waals surface area contributed by atoms with Crippen molar-refractivity contribution < 1.29 is 19.1 Å². The van der Waals surface area contributed by atoms with Crippen molar-refractivity contribution in [1.82, 2.24) is 4.98 Å². The Morgan fingerprint density at radius 3 is 2.19 bits per heavy atom. The van der Waals surface area contributed by atoms with Gasteiger partial charge in [-0.15, -0.1) is 0 Å². The maximum Gasteiger partial charge on any atom is 0.340 e. The normalized spacial score (nSPS) is 10.7. The highest BCUT2D eigenvalue weighted by Gasteiger charge is 2.28. The summed E-state index contributed by atoms with van der Waals surface area (Å²) < 4.78 is 10.3. The average Bonchev–Trinajstić information content (AvgIpc) is 2.59. The van der Waals surface area contributed by atoms with Gasteiger partial charge >= 0.3 is 11.9 Å². The number of pyridine rings is 1. The Morgan fingerprint density at radius 1 is 1.08 bits per heavy atom. The van der Waals surface area contributed by atoms with Crippen molar-refractivity contribution in [2.24, 2.45) is 5.92 Å². The molecule has 0 aliphatic carbocycles. The van der Waals surface area contributed by atoms with Crippen LogP contribution in [0.1, 0.15) is 46.0 Å². The molecule has 0 radical (unpaired) electrons. The summed E-state index contributed by atoms with van der Waals surface area (Å²) in [6, 6.07) is 7.05. The van der Waals surface area contributed by atoms with Crippen LogP contribution in [-0.2, 0) is 9.47 Å². The Labute approximate surface area is 153 Å². The van der Waals surface area contributed by atoms with Crippen LogP contribution in [0.5, 0.6) is 0 Å². The molecule has 138 valence electrons. The van der Waals surface area contributed by atoms with Crippen LogP contribution in [0.15, 0.2) is 24.3 Å². The van der Waals surface area contributed by atoms with Crippen molar-refractivity contribution in [2.45, 2.75) is 27.7 Å². The van der Waals surface area contributed by atoms with Crippen molar-refractivity contribution in [3.8, 4) is 11.1 Å². The first kappa shape index (κ1) is 19.4. The van der Waals surface area contributed by atoms with Crippen molar-refractivity contribution in [1.29, 1.82) is 0 Å². The summed E-state index contributed by atoms with van der Waals surface area (Å²) >= 11 is 0. The number of rotatable bonds is 5. The molecular formula is C20H24N2O4. The maximum absolute atomic E-state index is 12.8. The fourth-order valence-electron chi connectivity index (χ4n) is 2.76. The molecule has 26 heavy (non-hydrogen) atoms. The molecule has 0 aliphatic heterocycles. The lowest BCUT2D eigenvalue weighted by molar-refractivity contribution is 0.0458. The second kappa shape index (κ2) is 7.99. The van der Waals surface area contributed by atoms with Gasteiger partial charge in [-0.25, -0.2) is 9.59 Å². The third-order valence-corrected chi connectivity index (χ3v) is 3.93. The van der Waals surface area contributed by atoms with Crippen molar-refractivity contribution in [2.75, 3.05) is 19.5 Å². The van der Waals surface area contributed by atoms with Crippen molar-refractivity contribution in [3.05, 3.63) is 46.8 Å². The van der Waals surface area contributed by atoms with E-state index in [1.165, 1.54) is 7.11 Å². The molecule has 2 rings (SSSR count). The minimum absolute atomic E-state index is 0.183. The Morgan fingerprint density at radius 2 is 1.65 bits per heavy atom. The van der Waals surface area contributed by atoms with Gasteiger partial charge in [0, 0.05) is 16.8 Å². The number of para-hydroxylation sites is 1. The van der Waals surface area contributed by atoms with E-state index in [2.05, 4.69) is 4.98 Å². The number of hydrogen-bond acceptors (Lipinski definition) is 6. The number of esters is 2. The van der Waals surface area contributed by atoms with E-state index in [1.54, 1.807) is 38.1 Å². The number of nitrogen functional groups attached to an aromatic ring is 1. The van der Waals surface area contributed by atoms with Crippen molar-refractivity contribution >= 4 is 17.6 Å². The predicted octanol–water partition coefficient (Wildman–Crippen LogP) is 3.55. The van der Waals surface area contributed by atoms with E-state index in [0.717, 1.165) is 0 Å². The molecule has 0 amide bonds. The van der Waals surface area contributed by atoms with Gasteiger partial charge in [0.1, 0.15) is 0 Å². The second-order valence-electron chi connectivity index (χ2n) is 6.48. The van der Waals surface area contributed by atoms with Crippen LogP contribution in [0.25, 0.3) is 11.1 Å². The largest absolute Gasteiger partial charge is 0.465 e. The minimum Gasteiger partial charge on any atom is -0.465 e. The van der Waals surface area contributed by atoms with Crippen LogP contribution >= 0.6 is 0 Å². The summed E-state index contributed by atoms with van der Waals surface area (Å²) in [6.45, 7) is 7.57. The average molecular weight is 356 g/mol. The first-order valence-electron chi connectivity index (χ1n) is 8.39. The number of aromatic nitrogens is 1. The van der Waals surface area contributed by atoms with Gasteiger partial charge in [-0.1, -0.05) is 32.0 Å². The van der Waals surface area contributed by atoms with Crippen LogP contribution in [-0.4, -0.2) is 30.6 Å². The molecule has 1 heterocycles. The molecule has 1 aromatic carbocycles. The molecule has 0 saturated carbocycles. The number of aryl methyl sites for hydroxylation is 2. The van der Waals surface area contributed by atoms with E-state index in [1.807, 2.05) is 13.8 Å². The highest BCUT2D eigenvalue weighted by molar-refractivity contribution is 6.08. The highest BCUT2D eigenvalue weighted by atomic mass is 16.5. The molecule has 0 bridgehead atoms. The van der Waals surface area contributed by atoms with Gasteiger partial charge in [-0.05, 0) is 25.8 Å². The van der Waals surface area contributed by atoms with Gasteiger partial charge in [0.15, 0.2) is 0 Å². The monoisotopic (exact) mass is 356 g/mol. The summed E-state index contributed by atoms with van der Waals surface area (Å²) in [6.07, 6.45) is 0. The van der Waals surface area contributed by atoms with Gasteiger partial charge in [-0.3, -0.25) is 4.98 Å². The molecule has 0 fully saturated rings. The molecule has 0 aliphatic rings. The van der Waals surface area contributed by atoms with E-state index in [0.29, 0.717) is 28.2 Å². The molecular weight excluding hydrogens is 332 g/mol. The number of benzene rings is 1. The van der Waals surface area contributed by atoms with Crippen LogP contribution in [0, 0.1) is 19.8 Å². The van der Waals surface area contributed by atoms with Gasteiger partial charge in [0.2, 0.25) is 0 Å². The first-order chi connectivity index (χ1) is 12.3. The van der Waals surface area contributed by atoms with Crippen LogP contribution in [0.2, 0.25) is 0 Å². The summed E-state index contributed by atoms with van der Waals surface area (Å²) in [5.74, 6) is -0.929. The Kier molecular flexibility index (Phi) is 5.97. The standard InChI is InChI=1S/C20H24N2O4/c1-11(2)10-26-20(24)17-13(4)22-12(3)16(19(23)25-5)18(17)14-8-6-7-9-15(14)21/h6-9,11H,10,21H2,1-5H3. The number of carbonyl (C=O) groups is 2. The number of ether oxygens (including phenoxy) is 2. The fraction of sp³-hybridized carbons (Fsp3) is 0.350. The SMILES string of the molecule is COC(=O)c1c(C)nc(C)c(C(=O)OCC(C)C)c1-c1ccccc1N. The quantitative estimate of drug-likeness (QED) is 0.651. The summed E-state index contributed by atoms with van der Waals surface area (Å²) in [7, 11) is 1.29. The third kappa shape index (κ3) is 3.85. The zero-order chi connectivity index (χ0) is 19.4. The first-order valence-corrected chi connectivity index (χ1v) is 8.39. The van der Waals surface area contributed by atoms with Gasteiger partial charge in [0.05, 0.1) is 36.2 Å². The molecule has 6 nitrogen and oxygen atoms in total. The van der Waals surface area contributed by atoms with E-state index in [-0.39, 0.29) is 23.7 Å². The zero-order valence-electron chi connectivity index (χ0n) is 15.8. The number of nitrogens with zero attached hydrogens (tertiary/aromatic N) is 1. The molecule has 0 atom stereocenters. The van der Waals surface area contributed by atoms with E-state index >= 15 is 0 Å². The molecule has 1 aromatic heterocycles. The van der Waals surface area contributed by atoms with Gasteiger partial charge < -0.3 is 15.2 Å². The van der Waals surface area contributed by atoms with E-state index in [4.69, 9.17) is 15.2 Å². The predicted molar refractivity (Wildman–Crippen MR) is 100 cm³/mol. The third-order valence-electron chi connectivity index (χ3n) is 3.93. The lowest BCUT2D eigenvalue weighted by Gasteiger charge is -2.19.